The molecule has 0 amide bonds. The molecule has 3 aromatic heterocycles. The lowest BCUT2D eigenvalue weighted by Gasteiger charge is -2.05. The summed E-state index contributed by atoms with van der Waals surface area (Å²) in [7, 11) is 0. The third-order valence-corrected chi connectivity index (χ3v) is 4.38. The van der Waals surface area contributed by atoms with Gasteiger partial charge in [-0.05, 0) is 43.2 Å². The zero-order valence-electron chi connectivity index (χ0n) is 12.5. The quantitative estimate of drug-likeness (QED) is 0.768. The molecule has 2 aliphatic rings. The first kappa shape index (κ1) is 12.8. The topological polar surface area (TPSA) is 103 Å². The summed E-state index contributed by atoms with van der Waals surface area (Å²) < 4.78 is 5.83. The van der Waals surface area contributed by atoms with Gasteiger partial charge in [0.15, 0.2) is 5.65 Å². The maximum atomic E-state index is 6.10. The Morgan fingerprint density at radius 3 is 2.74 bits per heavy atom. The van der Waals surface area contributed by atoms with Crippen LogP contribution in [0.3, 0.4) is 0 Å². The molecular formula is C16H16N6O. The highest BCUT2D eigenvalue weighted by Crippen LogP contribution is 2.42. The van der Waals surface area contributed by atoms with Crippen molar-refractivity contribution in [2.45, 2.75) is 37.5 Å². The van der Waals surface area contributed by atoms with Gasteiger partial charge in [-0.25, -0.2) is 15.0 Å². The number of hydrogen-bond acceptors (Lipinski definition) is 6. The lowest BCUT2D eigenvalue weighted by molar-refractivity contribution is 0.447. The van der Waals surface area contributed by atoms with Crippen LogP contribution in [0.15, 0.2) is 18.3 Å². The highest BCUT2D eigenvalue weighted by atomic mass is 16.5. The van der Waals surface area contributed by atoms with Gasteiger partial charge in [0.25, 0.3) is 5.88 Å². The van der Waals surface area contributed by atoms with Gasteiger partial charge in [-0.3, -0.25) is 5.10 Å². The number of nitrogens with one attached hydrogen (secondary N) is 1. The van der Waals surface area contributed by atoms with Gasteiger partial charge in [-0.1, -0.05) is 0 Å². The van der Waals surface area contributed by atoms with Crippen LogP contribution in [-0.4, -0.2) is 25.1 Å². The molecular weight excluding hydrogens is 292 g/mol. The molecule has 5 rings (SSSR count). The minimum Gasteiger partial charge on any atom is -0.418 e. The van der Waals surface area contributed by atoms with Gasteiger partial charge in [0.2, 0.25) is 5.88 Å². The van der Waals surface area contributed by atoms with Crippen LogP contribution in [0, 0.1) is 0 Å². The molecule has 2 fully saturated rings. The minimum atomic E-state index is 0.375. The largest absolute Gasteiger partial charge is 0.418 e. The number of aromatic amines is 1. The third kappa shape index (κ3) is 2.28. The summed E-state index contributed by atoms with van der Waals surface area (Å²) in [4.78, 5) is 13.2. The number of nitrogens with zero attached hydrogens (tertiary/aromatic N) is 4. The van der Waals surface area contributed by atoms with E-state index < -0.39 is 0 Å². The number of ether oxygens (including phenoxy) is 1. The molecule has 3 heterocycles. The Hall–Kier alpha value is -2.70. The van der Waals surface area contributed by atoms with Crippen molar-refractivity contribution >= 4 is 16.9 Å². The molecule has 0 bridgehead atoms. The molecule has 0 unspecified atom stereocenters. The number of nitrogen functional groups attached to an aromatic ring is 1. The van der Waals surface area contributed by atoms with E-state index in [4.69, 9.17) is 10.5 Å². The molecule has 0 aliphatic heterocycles. The number of rotatable bonds is 4. The van der Waals surface area contributed by atoms with E-state index in [0.717, 1.165) is 18.7 Å². The number of aromatic nitrogens is 5. The van der Waals surface area contributed by atoms with Crippen LogP contribution >= 0.6 is 0 Å². The summed E-state index contributed by atoms with van der Waals surface area (Å²) in [6.45, 7) is 0. The first-order valence-corrected chi connectivity index (χ1v) is 7.93. The van der Waals surface area contributed by atoms with Crippen molar-refractivity contribution in [3.05, 3.63) is 29.7 Å². The predicted molar refractivity (Wildman–Crippen MR) is 84.4 cm³/mol. The summed E-state index contributed by atoms with van der Waals surface area (Å²) in [5, 5.41) is 7.70. The molecule has 0 saturated heterocycles. The minimum absolute atomic E-state index is 0.375. The molecule has 7 nitrogen and oxygen atoms in total. The Morgan fingerprint density at radius 2 is 1.96 bits per heavy atom. The van der Waals surface area contributed by atoms with Crippen LogP contribution in [0.25, 0.3) is 11.0 Å². The van der Waals surface area contributed by atoms with Gasteiger partial charge in [0, 0.05) is 18.2 Å². The SMILES string of the molecule is Nc1nc(C2CC2)nc2[nH]nc(Oc3cc(C4CC4)ccn3)c12. The summed E-state index contributed by atoms with van der Waals surface area (Å²) in [6.07, 6.45) is 6.49. The van der Waals surface area contributed by atoms with Crippen molar-refractivity contribution in [3.63, 3.8) is 0 Å². The highest BCUT2D eigenvalue weighted by Gasteiger charge is 2.28. The van der Waals surface area contributed by atoms with Crippen LogP contribution in [0.1, 0.15) is 48.9 Å². The number of H-pyrrole nitrogens is 1. The fourth-order valence-electron chi connectivity index (χ4n) is 2.80. The smallest absolute Gasteiger partial charge is 0.253 e. The van der Waals surface area contributed by atoms with Gasteiger partial charge in [-0.15, -0.1) is 5.10 Å². The van der Waals surface area contributed by atoms with Gasteiger partial charge in [0.05, 0.1) is 0 Å². The summed E-state index contributed by atoms with van der Waals surface area (Å²) in [5.74, 6) is 3.17. The normalized spacial score (nSPS) is 17.6. The van der Waals surface area contributed by atoms with Crippen LogP contribution in [0.5, 0.6) is 11.8 Å². The average Bonchev–Trinajstić information content (AvgIpc) is 3.45. The van der Waals surface area contributed by atoms with Crippen molar-refractivity contribution in [2.24, 2.45) is 0 Å². The van der Waals surface area contributed by atoms with E-state index in [-0.39, 0.29) is 0 Å². The first-order chi connectivity index (χ1) is 11.3. The predicted octanol–water partition coefficient (Wildman–Crippen LogP) is 2.88. The number of pyridine rings is 1. The van der Waals surface area contributed by atoms with E-state index in [0.29, 0.717) is 40.4 Å². The zero-order valence-corrected chi connectivity index (χ0v) is 12.5. The standard InChI is InChI=1S/C16H16N6O/c17-13-12-15(20-14(19-13)9-3-4-9)21-22-16(12)23-11-7-10(5-6-18-11)8-1-2-8/h5-9H,1-4H2,(H3,17,19,20,21,22). The van der Waals surface area contributed by atoms with E-state index in [9.17, 15) is 0 Å². The Balaban J connectivity index is 1.51. The first-order valence-electron chi connectivity index (χ1n) is 7.93. The molecule has 2 aliphatic carbocycles. The van der Waals surface area contributed by atoms with Gasteiger partial charge >= 0.3 is 0 Å². The van der Waals surface area contributed by atoms with Crippen molar-refractivity contribution in [2.75, 3.05) is 5.73 Å². The maximum absolute atomic E-state index is 6.10. The third-order valence-electron chi connectivity index (χ3n) is 4.38. The molecule has 116 valence electrons. The monoisotopic (exact) mass is 308 g/mol. The van der Waals surface area contributed by atoms with E-state index in [1.165, 1.54) is 18.4 Å². The second-order valence-corrected chi connectivity index (χ2v) is 6.30. The lowest BCUT2D eigenvalue weighted by Crippen LogP contribution is -1.99. The molecule has 2 saturated carbocycles. The second-order valence-electron chi connectivity index (χ2n) is 6.30. The van der Waals surface area contributed by atoms with Crippen LogP contribution in [0.4, 0.5) is 5.82 Å². The highest BCUT2D eigenvalue weighted by molar-refractivity contribution is 5.90. The molecule has 7 heteroatoms. The van der Waals surface area contributed by atoms with Crippen molar-refractivity contribution in [1.29, 1.82) is 0 Å². The van der Waals surface area contributed by atoms with E-state index in [1.54, 1.807) is 6.20 Å². The number of hydrogen-bond donors (Lipinski definition) is 2. The molecule has 0 spiro atoms. The van der Waals surface area contributed by atoms with Crippen molar-refractivity contribution in [3.8, 4) is 11.8 Å². The summed E-state index contributed by atoms with van der Waals surface area (Å²) >= 11 is 0. The Bertz CT molecular complexity index is 897. The average molecular weight is 308 g/mol. The summed E-state index contributed by atoms with van der Waals surface area (Å²) in [5.41, 5.74) is 7.98. The molecule has 3 N–H and O–H groups in total. The molecule has 23 heavy (non-hydrogen) atoms. The lowest BCUT2D eigenvalue weighted by atomic mass is 10.2. The molecule has 3 aromatic rings. The molecule has 0 atom stereocenters. The Labute approximate surface area is 132 Å². The van der Waals surface area contributed by atoms with Crippen LogP contribution in [-0.2, 0) is 0 Å². The second kappa shape index (κ2) is 4.65. The Morgan fingerprint density at radius 1 is 1.13 bits per heavy atom. The van der Waals surface area contributed by atoms with Crippen molar-refractivity contribution < 1.29 is 4.74 Å². The number of fused-ring (bicyclic) bond motifs is 1. The molecule has 0 aromatic carbocycles. The maximum Gasteiger partial charge on any atom is 0.253 e. The number of nitrogens with two attached hydrogens (primary N) is 1. The van der Waals surface area contributed by atoms with Crippen LogP contribution in [0.2, 0.25) is 0 Å². The van der Waals surface area contributed by atoms with Crippen molar-refractivity contribution in [1.82, 2.24) is 25.1 Å². The Kier molecular flexibility index (Phi) is 2.59. The van der Waals surface area contributed by atoms with E-state index >= 15 is 0 Å². The number of anilines is 1. The van der Waals surface area contributed by atoms with E-state index in [2.05, 4.69) is 25.1 Å². The van der Waals surface area contributed by atoms with E-state index in [1.807, 2.05) is 12.1 Å². The zero-order chi connectivity index (χ0) is 15.4. The summed E-state index contributed by atoms with van der Waals surface area (Å²) in [6, 6.07) is 4.00. The van der Waals surface area contributed by atoms with Crippen LogP contribution < -0.4 is 10.5 Å². The molecule has 0 radical (unpaired) electrons. The van der Waals surface area contributed by atoms with Gasteiger partial charge < -0.3 is 10.5 Å². The fraction of sp³-hybridized carbons (Fsp3) is 0.375. The fourth-order valence-corrected chi connectivity index (χ4v) is 2.80. The van der Waals surface area contributed by atoms with Gasteiger partial charge in [-0.2, -0.15) is 0 Å². The van der Waals surface area contributed by atoms with Gasteiger partial charge in [0.1, 0.15) is 17.0 Å².